The largest absolute Gasteiger partial charge is 0.497 e. The Hall–Kier alpha value is -4.25. The molecule has 3 N–H and O–H groups in total. The number of hydrogen-bond donors (Lipinski definition) is 3. The van der Waals surface area contributed by atoms with Gasteiger partial charge < -0.3 is 25.4 Å². The van der Waals surface area contributed by atoms with Gasteiger partial charge in [0.1, 0.15) is 29.1 Å². The molecule has 0 spiro atoms. The van der Waals surface area contributed by atoms with E-state index in [0.29, 0.717) is 11.3 Å². The van der Waals surface area contributed by atoms with Crippen LogP contribution < -0.4 is 20.7 Å². The quantitative estimate of drug-likeness (QED) is 0.299. The average molecular weight is 567 g/mol. The summed E-state index contributed by atoms with van der Waals surface area (Å²) in [5, 5.41) is 9.93. The molecule has 0 radical (unpaired) electrons. The number of ether oxygens (including phenoxy) is 2. The zero-order chi connectivity index (χ0) is 29.4. The number of carbonyl (C=O) groups is 4. The molecule has 0 aliphatic carbocycles. The van der Waals surface area contributed by atoms with Crippen LogP contribution in [0.4, 0.5) is 9.93 Å². The van der Waals surface area contributed by atoms with Crippen LogP contribution in [0.25, 0.3) is 0 Å². The molecule has 1 aromatic heterocycles. The lowest BCUT2D eigenvalue weighted by atomic mass is 9.92. The summed E-state index contributed by atoms with van der Waals surface area (Å²) in [6.45, 7) is 8.35. The lowest BCUT2D eigenvalue weighted by Gasteiger charge is -2.28. The number of aromatic nitrogens is 1. The van der Waals surface area contributed by atoms with Gasteiger partial charge in [-0.05, 0) is 44.0 Å². The number of hydrogen-bond acceptors (Lipinski definition) is 8. The van der Waals surface area contributed by atoms with Crippen molar-refractivity contribution >= 4 is 40.2 Å². The van der Waals surface area contributed by atoms with Crippen molar-refractivity contribution in [2.45, 2.75) is 58.2 Å². The van der Waals surface area contributed by atoms with Gasteiger partial charge in [-0.3, -0.25) is 14.4 Å². The molecule has 11 heteroatoms. The molecule has 40 heavy (non-hydrogen) atoms. The van der Waals surface area contributed by atoms with E-state index in [1.54, 1.807) is 50.4 Å². The third kappa shape index (κ3) is 8.37. The molecule has 0 bridgehead atoms. The number of thiazole rings is 1. The van der Waals surface area contributed by atoms with E-state index in [0.717, 1.165) is 16.9 Å². The lowest BCUT2D eigenvalue weighted by molar-refractivity contribution is -0.128. The third-order valence-corrected chi connectivity index (χ3v) is 6.63. The second kappa shape index (κ2) is 13.2. The van der Waals surface area contributed by atoms with Gasteiger partial charge in [0.25, 0.3) is 0 Å². The van der Waals surface area contributed by atoms with Gasteiger partial charge in [-0.25, -0.2) is 9.78 Å². The van der Waals surface area contributed by atoms with Gasteiger partial charge in [0.2, 0.25) is 11.8 Å². The number of nitrogens with zero attached hydrogens (tertiary/aromatic N) is 1. The summed E-state index contributed by atoms with van der Waals surface area (Å²) in [5.74, 6) is -1.27. The van der Waals surface area contributed by atoms with Crippen LogP contribution in [0.15, 0.2) is 60.0 Å². The van der Waals surface area contributed by atoms with E-state index in [9.17, 15) is 19.2 Å². The van der Waals surface area contributed by atoms with Crippen LogP contribution in [-0.4, -0.2) is 47.4 Å². The highest BCUT2D eigenvalue weighted by molar-refractivity contribution is 7.14. The number of benzene rings is 2. The molecule has 0 saturated carbocycles. The van der Waals surface area contributed by atoms with E-state index in [-0.39, 0.29) is 16.6 Å². The molecule has 3 atom stereocenters. The predicted molar refractivity (Wildman–Crippen MR) is 153 cm³/mol. The minimum atomic E-state index is -1.18. The Labute approximate surface area is 237 Å². The maximum absolute atomic E-state index is 13.7. The van der Waals surface area contributed by atoms with Gasteiger partial charge in [0.05, 0.1) is 7.11 Å². The first kappa shape index (κ1) is 30.3. The van der Waals surface area contributed by atoms with E-state index in [1.165, 1.54) is 14.0 Å². The Morgan fingerprint density at radius 1 is 0.900 bits per heavy atom. The molecule has 212 valence electrons. The molecule has 3 aromatic rings. The van der Waals surface area contributed by atoms with Crippen molar-refractivity contribution in [3.63, 3.8) is 0 Å². The van der Waals surface area contributed by atoms with Crippen molar-refractivity contribution in [2.24, 2.45) is 0 Å². The number of ketones is 1. The minimum absolute atomic E-state index is 0.227. The molecule has 0 fully saturated rings. The Bertz CT molecular complexity index is 1330. The van der Waals surface area contributed by atoms with Crippen molar-refractivity contribution in [3.05, 3.63) is 76.8 Å². The van der Waals surface area contributed by atoms with Crippen LogP contribution >= 0.6 is 11.3 Å². The first-order chi connectivity index (χ1) is 18.9. The van der Waals surface area contributed by atoms with Crippen molar-refractivity contribution in [1.82, 2.24) is 15.6 Å². The van der Waals surface area contributed by atoms with Gasteiger partial charge in [-0.15, -0.1) is 11.3 Å². The zero-order valence-corrected chi connectivity index (χ0v) is 24.1. The van der Waals surface area contributed by atoms with Gasteiger partial charge >= 0.3 is 6.09 Å². The van der Waals surface area contributed by atoms with Crippen LogP contribution in [0, 0.1) is 0 Å². The number of anilines is 1. The molecular weight excluding hydrogens is 532 g/mol. The Kier molecular flexibility index (Phi) is 10.0. The number of rotatable bonds is 10. The number of carbonyl (C=O) groups excluding carboxylic acids is 4. The Morgan fingerprint density at radius 2 is 1.55 bits per heavy atom. The first-order valence-electron chi connectivity index (χ1n) is 12.6. The first-order valence-corrected chi connectivity index (χ1v) is 13.5. The van der Waals surface area contributed by atoms with Gasteiger partial charge in [-0.1, -0.05) is 49.4 Å². The van der Waals surface area contributed by atoms with Crippen molar-refractivity contribution in [1.29, 1.82) is 0 Å². The van der Waals surface area contributed by atoms with Crippen LogP contribution in [0.3, 0.4) is 0 Å². The molecule has 2 aromatic carbocycles. The molecule has 0 aliphatic rings. The fourth-order valence-corrected chi connectivity index (χ4v) is 4.55. The highest BCUT2D eigenvalue weighted by atomic mass is 32.1. The smallest absolute Gasteiger partial charge is 0.408 e. The average Bonchev–Trinajstić information content (AvgIpc) is 3.38. The van der Waals surface area contributed by atoms with Gasteiger partial charge in [-0.2, -0.15) is 0 Å². The molecule has 3 rings (SSSR count). The molecule has 0 saturated heterocycles. The molecule has 3 amide bonds. The van der Waals surface area contributed by atoms with E-state index in [4.69, 9.17) is 9.47 Å². The second-order valence-corrected chi connectivity index (χ2v) is 11.0. The van der Waals surface area contributed by atoms with Crippen LogP contribution in [0.2, 0.25) is 0 Å². The minimum Gasteiger partial charge on any atom is -0.497 e. The van der Waals surface area contributed by atoms with Gasteiger partial charge in [0, 0.05) is 18.2 Å². The predicted octanol–water partition coefficient (Wildman–Crippen LogP) is 4.85. The topological polar surface area (TPSA) is 136 Å². The summed E-state index contributed by atoms with van der Waals surface area (Å²) in [6.07, 6.45) is -0.792. The highest BCUT2D eigenvalue weighted by Gasteiger charge is 2.33. The van der Waals surface area contributed by atoms with Crippen molar-refractivity contribution in [2.75, 3.05) is 12.4 Å². The van der Waals surface area contributed by atoms with E-state index >= 15 is 0 Å². The molecule has 10 nitrogen and oxygen atoms in total. The van der Waals surface area contributed by atoms with E-state index in [2.05, 4.69) is 20.9 Å². The standard InChI is InChI=1S/C29H34N4O6S/c1-17(19-10-8-7-9-11-19)23(25(35)33-27-30-22(16-40-27)18(2)34)31-26(36)24(32-28(37)39-29(3,4)5)20-12-14-21(38-6)15-13-20/h7-17,23-24H,1-6H3,(H,31,36)(H,32,37)(H,30,33,35)/t17-,23-,24+/m0/s1. The number of Topliss-reactive ketones (excluding diaryl/α,β-unsaturated/α-hetero) is 1. The van der Waals surface area contributed by atoms with E-state index < -0.39 is 41.5 Å². The Morgan fingerprint density at radius 3 is 2.10 bits per heavy atom. The number of nitrogens with one attached hydrogen (secondary N) is 3. The van der Waals surface area contributed by atoms with Gasteiger partial charge in [0.15, 0.2) is 10.9 Å². The second-order valence-electron chi connectivity index (χ2n) is 10.1. The van der Waals surface area contributed by atoms with Crippen LogP contribution in [0.5, 0.6) is 5.75 Å². The molecule has 0 unspecified atom stereocenters. The summed E-state index contributed by atoms with van der Waals surface area (Å²) in [5.41, 5.74) is 0.717. The molecule has 1 heterocycles. The van der Waals surface area contributed by atoms with Crippen LogP contribution in [-0.2, 0) is 14.3 Å². The fourth-order valence-electron chi connectivity index (χ4n) is 3.80. The zero-order valence-electron chi connectivity index (χ0n) is 23.3. The highest BCUT2D eigenvalue weighted by Crippen LogP contribution is 2.24. The third-order valence-electron chi connectivity index (χ3n) is 5.87. The van der Waals surface area contributed by atoms with Crippen LogP contribution in [0.1, 0.15) is 68.2 Å². The Balaban J connectivity index is 1.92. The van der Waals surface area contributed by atoms with Crippen molar-refractivity contribution < 1.29 is 28.7 Å². The molecule has 0 aliphatic heterocycles. The normalized spacial score (nSPS) is 13.3. The van der Waals surface area contributed by atoms with E-state index in [1.807, 2.05) is 37.3 Å². The molecular formula is C29H34N4O6S. The fraction of sp³-hybridized carbons (Fsp3) is 0.345. The maximum Gasteiger partial charge on any atom is 0.408 e. The summed E-state index contributed by atoms with van der Waals surface area (Å²) < 4.78 is 10.6. The summed E-state index contributed by atoms with van der Waals surface area (Å²) in [7, 11) is 1.52. The summed E-state index contributed by atoms with van der Waals surface area (Å²) in [4.78, 5) is 55.8. The SMILES string of the molecule is COc1ccc([C@@H](NC(=O)OC(C)(C)C)C(=O)N[C@H](C(=O)Nc2nc(C(C)=O)cs2)[C@@H](C)c2ccccc2)cc1. The number of alkyl carbamates (subject to hydrolysis) is 1. The number of amides is 3. The lowest BCUT2D eigenvalue weighted by Crippen LogP contribution is -2.51. The number of methoxy groups -OCH3 is 1. The summed E-state index contributed by atoms with van der Waals surface area (Å²) in [6, 6.07) is 13.6. The summed E-state index contributed by atoms with van der Waals surface area (Å²) >= 11 is 1.11. The van der Waals surface area contributed by atoms with Crippen molar-refractivity contribution in [3.8, 4) is 5.75 Å². The monoisotopic (exact) mass is 566 g/mol. The maximum atomic E-state index is 13.7.